The van der Waals surface area contributed by atoms with Crippen molar-refractivity contribution < 1.29 is 9.53 Å². The molecule has 3 aromatic rings. The number of aryl methyl sites for hydroxylation is 1. The van der Waals surface area contributed by atoms with E-state index in [-0.39, 0.29) is 5.91 Å². The lowest BCUT2D eigenvalue weighted by molar-refractivity contribution is 0.0385. The molecule has 0 saturated carbocycles. The van der Waals surface area contributed by atoms with E-state index < -0.39 is 0 Å². The highest BCUT2D eigenvalue weighted by Crippen LogP contribution is 2.32. The molecular weight excluding hydrogens is 336 g/mol. The van der Waals surface area contributed by atoms with Gasteiger partial charge < -0.3 is 14.2 Å². The Hall–Kier alpha value is -2.46. The number of para-hydroxylation sites is 2. The Morgan fingerprint density at radius 2 is 1.80 bits per heavy atom. The van der Waals surface area contributed by atoms with Crippen LogP contribution in [-0.2, 0) is 7.05 Å². The molecule has 128 valence electrons. The normalized spacial score (nSPS) is 14.6. The first-order valence-electron chi connectivity index (χ1n) is 8.35. The Kier molecular flexibility index (Phi) is 4.14. The van der Waals surface area contributed by atoms with Crippen LogP contribution >= 0.6 is 11.6 Å². The van der Waals surface area contributed by atoms with Gasteiger partial charge in [0.2, 0.25) is 0 Å². The summed E-state index contributed by atoms with van der Waals surface area (Å²) in [5.41, 5.74) is 1.53. The maximum atomic E-state index is 12.8. The molecule has 4 nitrogen and oxygen atoms in total. The number of aromatic nitrogens is 1. The van der Waals surface area contributed by atoms with Crippen molar-refractivity contribution in [2.45, 2.75) is 0 Å². The van der Waals surface area contributed by atoms with Crippen LogP contribution in [0.3, 0.4) is 0 Å². The minimum Gasteiger partial charge on any atom is -0.493 e. The van der Waals surface area contributed by atoms with Gasteiger partial charge in [-0.1, -0.05) is 48.0 Å². The number of benzene rings is 2. The topological polar surface area (TPSA) is 34.5 Å². The lowest BCUT2D eigenvalue weighted by atomic mass is 10.0. The molecule has 4 rings (SSSR count). The van der Waals surface area contributed by atoms with Crippen LogP contribution in [0.15, 0.2) is 54.6 Å². The van der Waals surface area contributed by atoms with Crippen molar-refractivity contribution in [1.82, 2.24) is 9.47 Å². The van der Waals surface area contributed by atoms with Gasteiger partial charge >= 0.3 is 0 Å². The number of halogens is 1. The molecule has 0 aliphatic carbocycles. The molecule has 25 heavy (non-hydrogen) atoms. The number of rotatable bonds is 4. The van der Waals surface area contributed by atoms with Crippen molar-refractivity contribution in [3.8, 4) is 5.75 Å². The van der Waals surface area contributed by atoms with Gasteiger partial charge in [-0.25, -0.2) is 0 Å². The third kappa shape index (κ3) is 2.87. The largest absolute Gasteiger partial charge is 0.493 e. The van der Waals surface area contributed by atoms with E-state index in [9.17, 15) is 4.79 Å². The number of hydrogen-bond acceptors (Lipinski definition) is 2. The van der Waals surface area contributed by atoms with Crippen LogP contribution in [0.25, 0.3) is 10.9 Å². The molecule has 0 bridgehead atoms. The van der Waals surface area contributed by atoms with E-state index in [0.717, 1.165) is 16.7 Å². The van der Waals surface area contributed by atoms with E-state index in [1.807, 2.05) is 71.1 Å². The molecule has 2 heterocycles. The van der Waals surface area contributed by atoms with Gasteiger partial charge in [-0.05, 0) is 18.2 Å². The lowest BCUT2D eigenvalue weighted by Gasteiger charge is -2.39. The summed E-state index contributed by atoms with van der Waals surface area (Å²) in [5, 5.41) is 1.45. The molecular formula is C20H19ClN2O2. The van der Waals surface area contributed by atoms with Crippen molar-refractivity contribution in [2.75, 3.05) is 19.7 Å². The van der Waals surface area contributed by atoms with Crippen molar-refractivity contribution >= 4 is 28.4 Å². The highest BCUT2D eigenvalue weighted by molar-refractivity contribution is 6.38. The molecule has 1 fully saturated rings. The first-order chi connectivity index (χ1) is 12.1. The predicted octanol–water partition coefficient (Wildman–Crippen LogP) is 3.98. The van der Waals surface area contributed by atoms with E-state index >= 15 is 0 Å². The van der Waals surface area contributed by atoms with Crippen molar-refractivity contribution in [3.05, 3.63) is 65.3 Å². The Bertz CT molecular complexity index is 875. The average molecular weight is 355 g/mol. The SMILES string of the molecule is Cn1c(C(=O)N2CC(COc3ccccc3)C2)c(Cl)c2ccccc21. The fourth-order valence-corrected chi connectivity index (χ4v) is 3.67. The number of carbonyl (C=O) groups excluding carboxylic acids is 1. The van der Waals surface area contributed by atoms with E-state index in [4.69, 9.17) is 16.3 Å². The summed E-state index contributed by atoms with van der Waals surface area (Å²) >= 11 is 6.47. The van der Waals surface area contributed by atoms with Crippen LogP contribution < -0.4 is 4.74 Å². The Morgan fingerprint density at radius 3 is 2.52 bits per heavy atom. The molecule has 2 aromatic carbocycles. The van der Waals surface area contributed by atoms with Crippen molar-refractivity contribution in [3.63, 3.8) is 0 Å². The third-order valence-corrected chi connectivity index (χ3v) is 5.10. The molecule has 0 atom stereocenters. The molecule has 0 N–H and O–H groups in total. The summed E-state index contributed by atoms with van der Waals surface area (Å²) in [6.45, 7) is 2.02. The van der Waals surface area contributed by atoms with Gasteiger partial charge in [0.05, 0.1) is 11.6 Å². The van der Waals surface area contributed by atoms with E-state index in [1.165, 1.54) is 0 Å². The average Bonchev–Trinajstić information content (AvgIpc) is 2.86. The third-order valence-electron chi connectivity index (χ3n) is 4.72. The second-order valence-electron chi connectivity index (χ2n) is 6.44. The second-order valence-corrected chi connectivity index (χ2v) is 6.82. The predicted molar refractivity (Wildman–Crippen MR) is 99.3 cm³/mol. The fraction of sp³-hybridized carbons (Fsp3) is 0.250. The molecule has 5 heteroatoms. The minimum absolute atomic E-state index is 0.0142. The van der Waals surface area contributed by atoms with Crippen LogP contribution in [0.4, 0.5) is 0 Å². The molecule has 1 saturated heterocycles. The number of amides is 1. The van der Waals surface area contributed by atoms with E-state index in [2.05, 4.69) is 0 Å². The molecule has 1 amide bonds. The highest BCUT2D eigenvalue weighted by atomic mass is 35.5. The summed E-state index contributed by atoms with van der Waals surface area (Å²) < 4.78 is 7.65. The smallest absolute Gasteiger partial charge is 0.272 e. The Morgan fingerprint density at radius 1 is 1.12 bits per heavy atom. The second kappa shape index (κ2) is 6.45. The lowest BCUT2D eigenvalue weighted by Crippen LogP contribution is -2.52. The summed E-state index contributed by atoms with van der Waals surface area (Å²) in [6, 6.07) is 17.6. The maximum absolute atomic E-state index is 12.8. The number of hydrogen-bond donors (Lipinski definition) is 0. The quantitative estimate of drug-likeness (QED) is 0.710. The van der Waals surface area contributed by atoms with Gasteiger partial charge in [0.25, 0.3) is 5.91 Å². The van der Waals surface area contributed by atoms with Gasteiger partial charge in [0, 0.05) is 37.0 Å². The van der Waals surface area contributed by atoms with Crippen LogP contribution in [0.5, 0.6) is 5.75 Å². The minimum atomic E-state index is -0.0142. The van der Waals surface area contributed by atoms with Crippen molar-refractivity contribution in [2.24, 2.45) is 13.0 Å². The number of carbonyl (C=O) groups is 1. The van der Waals surface area contributed by atoms with Gasteiger partial charge in [-0.2, -0.15) is 0 Å². The van der Waals surface area contributed by atoms with Crippen LogP contribution in [0.2, 0.25) is 5.02 Å². The summed E-state index contributed by atoms with van der Waals surface area (Å²) in [7, 11) is 1.89. The first-order valence-corrected chi connectivity index (χ1v) is 8.73. The summed E-state index contributed by atoms with van der Waals surface area (Å²) in [5.74, 6) is 1.21. The van der Waals surface area contributed by atoms with Crippen molar-refractivity contribution in [1.29, 1.82) is 0 Å². The zero-order valence-electron chi connectivity index (χ0n) is 14.0. The fourth-order valence-electron chi connectivity index (χ4n) is 3.31. The number of nitrogens with zero attached hydrogens (tertiary/aromatic N) is 2. The van der Waals surface area contributed by atoms with Gasteiger partial charge in [-0.15, -0.1) is 0 Å². The Labute approximate surface area is 151 Å². The van der Waals surface area contributed by atoms with E-state index in [1.54, 1.807) is 0 Å². The number of likely N-dealkylation sites (tertiary alicyclic amines) is 1. The van der Waals surface area contributed by atoms with Gasteiger partial charge in [0.15, 0.2) is 0 Å². The highest BCUT2D eigenvalue weighted by Gasteiger charge is 2.34. The molecule has 0 unspecified atom stereocenters. The first kappa shape index (κ1) is 16.0. The summed E-state index contributed by atoms with van der Waals surface area (Å²) in [6.07, 6.45) is 0. The molecule has 0 radical (unpaired) electrons. The standard InChI is InChI=1S/C20H19ClN2O2/c1-22-17-10-6-5-9-16(17)18(21)19(22)20(24)23-11-14(12-23)13-25-15-7-3-2-4-8-15/h2-10,14H,11-13H2,1H3. The van der Waals surface area contributed by atoms with Crippen LogP contribution in [0, 0.1) is 5.92 Å². The maximum Gasteiger partial charge on any atom is 0.272 e. The van der Waals surface area contributed by atoms with Crippen LogP contribution in [0.1, 0.15) is 10.5 Å². The monoisotopic (exact) mass is 354 g/mol. The summed E-state index contributed by atoms with van der Waals surface area (Å²) in [4.78, 5) is 14.7. The zero-order chi connectivity index (χ0) is 17.4. The van der Waals surface area contributed by atoms with E-state index in [0.29, 0.717) is 36.3 Å². The number of ether oxygens (including phenoxy) is 1. The molecule has 1 aromatic heterocycles. The molecule has 1 aliphatic rings. The van der Waals surface area contributed by atoms with Gasteiger partial charge in [-0.3, -0.25) is 4.79 Å². The van der Waals surface area contributed by atoms with Crippen LogP contribution in [-0.4, -0.2) is 35.1 Å². The number of fused-ring (bicyclic) bond motifs is 1. The molecule has 1 aliphatic heterocycles. The Balaban J connectivity index is 1.42. The zero-order valence-corrected chi connectivity index (χ0v) is 14.7. The molecule has 0 spiro atoms. The van der Waals surface area contributed by atoms with Gasteiger partial charge in [0.1, 0.15) is 11.4 Å².